The predicted molar refractivity (Wildman–Crippen MR) is 101 cm³/mol. The summed E-state index contributed by atoms with van der Waals surface area (Å²) in [5.41, 5.74) is 0. The maximum atomic E-state index is 11.7. The molecule has 23 heavy (non-hydrogen) atoms. The number of carbonyl (C=O) groups excluding carboxylic acids is 1. The molecule has 6 nitrogen and oxygen atoms in total. The molecule has 3 N–H and O–H groups in total. The number of nitrogens with zero attached hydrogens (tertiary/aromatic N) is 1. The van der Waals surface area contributed by atoms with Crippen LogP contribution >= 0.6 is 12.6 Å². The van der Waals surface area contributed by atoms with E-state index in [0.717, 1.165) is 58.7 Å². The van der Waals surface area contributed by atoms with Crippen LogP contribution < -0.4 is 16.0 Å². The van der Waals surface area contributed by atoms with Gasteiger partial charge in [-0.3, -0.25) is 0 Å². The molecule has 0 fully saturated rings. The zero-order valence-corrected chi connectivity index (χ0v) is 15.8. The number of carbonyl (C=O) groups is 1. The van der Waals surface area contributed by atoms with Gasteiger partial charge in [-0.2, -0.15) is 12.6 Å². The fourth-order valence-corrected chi connectivity index (χ4v) is 2.19. The Morgan fingerprint density at radius 3 is 2.04 bits per heavy atom. The summed E-state index contributed by atoms with van der Waals surface area (Å²) in [7, 11) is 0. The van der Waals surface area contributed by atoms with Crippen molar-refractivity contribution < 1.29 is 9.53 Å². The maximum Gasteiger partial charge on any atom is 0.409 e. The molecule has 0 heterocycles. The lowest BCUT2D eigenvalue weighted by molar-refractivity contribution is 0.110. The quantitative estimate of drug-likeness (QED) is 0.250. The van der Waals surface area contributed by atoms with Crippen molar-refractivity contribution in [3.8, 4) is 0 Å². The Morgan fingerprint density at radius 1 is 0.957 bits per heavy atom. The highest BCUT2D eigenvalue weighted by molar-refractivity contribution is 7.80. The van der Waals surface area contributed by atoms with Gasteiger partial charge in [-0.15, -0.1) is 0 Å². The summed E-state index contributed by atoms with van der Waals surface area (Å²) in [6.07, 6.45) is 3.02. The molecule has 0 aromatic carbocycles. The van der Waals surface area contributed by atoms with Crippen LogP contribution in [0, 0.1) is 0 Å². The summed E-state index contributed by atoms with van der Waals surface area (Å²) in [5, 5.41) is 10.2. The van der Waals surface area contributed by atoms with Crippen molar-refractivity contribution in [2.24, 2.45) is 0 Å². The molecule has 0 saturated heterocycles. The van der Waals surface area contributed by atoms with Gasteiger partial charge in [-0.1, -0.05) is 6.92 Å². The first-order valence-corrected chi connectivity index (χ1v) is 9.54. The minimum atomic E-state index is -0.233. The minimum absolute atomic E-state index is 0.233. The molecule has 0 saturated carbocycles. The highest BCUT2D eigenvalue weighted by Crippen LogP contribution is 1.96. The Morgan fingerprint density at radius 2 is 1.52 bits per heavy atom. The Balaban J connectivity index is 3.35. The van der Waals surface area contributed by atoms with E-state index in [0.29, 0.717) is 18.9 Å². The number of rotatable bonds is 16. The second kappa shape index (κ2) is 17.8. The third-order valence-corrected chi connectivity index (χ3v) is 3.59. The predicted octanol–water partition coefficient (Wildman–Crippen LogP) is 1.33. The van der Waals surface area contributed by atoms with E-state index in [1.54, 1.807) is 4.90 Å². The zero-order chi connectivity index (χ0) is 17.2. The SMILES string of the molecule is CCNCCCNCCCNCCCN(CC)C(=O)OCCS. The van der Waals surface area contributed by atoms with E-state index in [1.807, 2.05) is 6.92 Å². The number of amides is 1. The topological polar surface area (TPSA) is 65.6 Å². The number of thiol groups is 1. The highest BCUT2D eigenvalue weighted by Gasteiger charge is 2.11. The number of hydrogen-bond acceptors (Lipinski definition) is 6. The van der Waals surface area contributed by atoms with Gasteiger partial charge < -0.3 is 25.6 Å². The van der Waals surface area contributed by atoms with Gasteiger partial charge in [-0.05, 0) is 65.5 Å². The Labute approximate surface area is 147 Å². The van der Waals surface area contributed by atoms with Gasteiger partial charge in [0.2, 0.25) is 0 Å². The van der Waals surface area contributed by atoms with E-state index >= 15 is 0 Å². The van der Waals surface area contributed by atoms with Crippen LogP contribution in [0.3, 0.4) is 0 Å². The Bertz CT molecular complexity index is 270. The van der Waals surface area contributed by atoms with Crippen LogP contribution in [0.15, 0.2) is 0 Å². The minimum Gasteiger partial charge on any atom is -0.449 e. The standard InChI is InChI=1S/C16H36N4O2S/c1-3-17-8-5-9-18-10-6-11-19-12-7-13-20(4-2)16(21)22-14-15-23/h17-19,23H,3-15H2,1-2H3. The molecule has 1 amide bonds. The first kappa shape index (κ1) is 22.5. The van der Waals surface area contributed by atoms with E-state index < -0.39 is 0 Å². The van der Waals surface area contributed by atoms with E-state index in [9.17, 15) is 4.79 Å². The summed E-state index contributed by atoms with van der Waals surface area (Å²) < 4.78 is 5.08. The molecular weight excluding hydrogens is 312 g/mol. The largest absolute Gasteiger partial charge is 0.449 e. The molecule has 0 aliphatic carbocycles. The maximum absolute atomic E-state index is 11.7. The van der Waals surface area contributed by atoms with Gasteiger partial charge in [0.1, 0.15) is 6.61 Å². The Kier molecular flexibility index (Phi) is 17.5. The Hall–Kier alpha value is -0.500. The zero-order valence-electron chi connectivity index (χ0n) is 14.9. The van der Waals surface area contributed by atoms with E-state index in [1.165, 1.54) is 6.42 Å². The number of nitrogens with one attached hydrogen (secondary N) is 3. The number of ether oxygens (including phenoxy) is 1. The second-order valence-corrected chi connectivity index (χ2v) is 5.78. The molecule has 0 unspecified atom stereocenters. The lowest BCUT2D eigenvalue weighted by Gasteiger charge is -2.20. The fraction of sp³-hybridized carbons (Fsp3) is 0.938. The van der Waals surface area contributed by atoms with Crippen molar-refractivity contribution in [1.29, 1.82) is 0 Å². The van der Waals surface area contributed by atoms with Gasteiger partial charge in [0.15, 0.2) is 0 Å². The van der Waals surface area contributed by atoms with Crippen molar-refractivity contribution >= 4 is 18.7 Å². The smallest absolute Gasteiger partial charge is 0.409 e. The molecule has 0 aliphatic heterocycles. The van der Waals surface area contributed by atoms with Crippen LogP contribution in [-0.4, -0.2) is 75.7 Å². The molecule has 0 aromatic rings. The monoisotopic (exact) mass is 348 g/mol. The molecule has 0 rings (SSSR count). The summed E-state index contributed by atoms with van der Waals surface area (Å²) in [6.45, 7) is 12.1. The molecule has 0 radical (unpaired) electrons. The van der Waals surface area contributed by atoms with E-state index in [4.69, 9.17) is 4.74 Å². The molecule has 0 aliphatic rings. The van der Waals surface area contributed by atoms with Crippen LogP contribution in [0.4, 0.5) is 4.79 Å². The van der Waals surface area contributed by atoms with Crippen LogP contribution in [-0.2, 0) is 4.74 Å². The third kappa shape index (κ3) is 14.8. The van der Waals surface area contributed by atoms with E-state index in [2.05, 4.69) is 35.5 Å². The van der Waals surface area contributed by atoms with Crippen molar-refractivity contribution in [3.63, 3.8) is 0 Å². The van der Waals surface area contributed by atoms with Crippen molar-refractivity contribution in [1.82, 2.24) is 20.9 Å². The van der Waals surface area contributed by atoms with Crippen molar-refractivity contribution in [3.05, 3.63) is 0 Å². The van der Waals surface area contributed by atoms with Gasteiger partial charge in [0, 0.05) is 18.8 Å². The number of hydrogen-bond donors (Lipinski definition) is 4. The lowest BCUT2D eigenvalue weighted by Crippen LogP contribution is -2.34. The van der Waals surface area contributed by atoms with Crippen LogP contribution in [0.2, 0.25) is 0 Å². The molecule has 0 bridgehead atoms. The average molecular weight is 349 g/mol. The highest BCUT2D eigenvalue weighted by atomic mass is 32.1. The lowest BCUT2D eigenvalue weighted by atomic mass is 10.3. The summed E-state index contributed by atoms with van der Waals surface area (Å²) in [4.78, 5) is 13.4. The average Bonchev–Trinajstić information content (AvgIpc) is 2.57. The molecule has 0 aromatic heterocycles. The van der Waals surface area contributed by atoms with Gasteiger partial charge in [0.25, 0.3) is 0 Å². The van der Waals surface area contributed by atoms with Crippen LogP contribution in [0.5, 0.6) is 0 Å². The summed E-state index contributed by atoms with van der Waals surface area (Å²) >= 11 is 4.03. The van der Waals surface area contributed by atoms with Gasteiger partial charge in [0.05, 0.1) is 0 Å². The molecule has 7 heteroatoms. The molecular formula is C16H36N4O2S. The van der Waals surface area contributed by atoms with Crippen molar-refractivity contribution in [2.45, 2.75) is 33.1 Å². The van der Waals surface area contributed by atoms with Gasteiger partial charge >= 0.3 is 6.09 Å². The fourth-order valence-electron chi connectivity index (χ4n) is 2.10. The first-order valence-electron chi connectivity index (χ1n) is 8.90. The molecule has 138 valence electrons. The van der Waals surface area contributed by atoms with Gasteiger partial charge in [-0.25, -0.2) is 4.79 Å². The first-order chi connectivity index (χ1) is 11.3. The second-order valence-electron chi connectivity index (χ2n) is 5.33. The van der Waals surface area contributed by atoms with Crippen molar-refractivity contribution in [2.75, 3.05) is 64.7 Å². The third-order valence-electron chi connectivity index (χ3n) is 3.40. The summed E-state index contributed by atoms with van der Waals surface area (Å²) in [5.74, 6) is 0.563. The van der Waals surface area contributed by atoms with Crippen LogP contribution in [0.1, 0.15) is 33.1 Å². The summed E-state index contributed by atoms with van der Waals surface area (Å²) in [6, 6.07) is 0. The van der Waals surface area contributed by atoms with E-state index in [-0.39, 0.29) is 6.09 Å². The normalized spacial score (nSPS) is 10.7. The molecule has 0 spiro atoms. The molecule has 0 atom stereocenters. The van der Waals surface area contributed by atoms with Crippen LogP contribution in [0.25, 0.3) is 0 Å².